The fourth-order valence-corrected chi connectivity index (χ4v) is 11.0. The summed E-state index contributed by atoms with van der Waals surface area (Å²) in [6, 6.07) is 8.34. The van der Waals surface area contributed by atoms with Gasteiger partial charge in [-0.05, 0) is 131 Å². The first kappa shape index (κ1) is 28.1. The van der Waals surface area contributed by atoms with Gasteiger partial charge in [-0.15, -0.1) is 0 Å². The SMILES string of the molecule is CCOC[C@@]1(O)CC[C@@H]2C3CC[C@@]4(C)C(CCC4[C@@H](C)N(C)S(=O)(=O)c4cccc(C#N)c4)[C@@H]3CC[C@@H]2C1. The quantitative estimate of drug-likeness (QED) is 0.484. The summed E-state index contributed by atoms with van der Waals surface area (Å²) in [6.07, 6.45) is 9.96. The molecule has 4 aliphatic rings. The maximum Gasteiger partial charge on any atom is 0.243 e. The summed E-state index contributed by atoms with van der Waals surface area (Å²) in [6.45, 7) is 7.66. The molecule has 6 nitrogen and oxygen atoms in total. The smallest absolute Gasteiger partial charge is 0.243 e. The van der Waals surface area contributed by atoms with E-state index in [9.17, 15) is 18.8 Å². The van der Waals surface area contributed by atoms with E-state index >= 15 is 0 Å². The first-order valence-electron chi connectivity index (χ1n) is 14.8. The van der Waals surface area contributed by atoms with Gasteiger partial charge >= 0.3 is 0 Å². The fourth-order valence-electron chi connectivity index (χ4n) is 9.58. The lowest BCUT2D eigenvalue weighted by Crippen LogP contribution is -2.53. The highest BCUT2D eigenvalue weighted by Gasteiger charge is 2.59. The maximum atomic E-state index is 13.6. The number of aliphatic hydroxyl groups is 1. The lowest BCUT2D eigenvalue weighted by molar-refractivity contribution is -0.129. The summed E-state index contributed by atoms with van der Waals surface area (Å²) in [7, 11) is -1.96. The van der Waals surface area contributed by atoms with Crippen molar-refractivity contribution >= 4 is 10.0 Å². The Labute approximate surface area is 229 Å². The Morgan fingerprint density at radius 3 is 2.63 bits per heavy atom. The first-order chi connectivity index (χ1) is 18.0. The Morgan fingerprint density at radius 2 is 1.89 bits per heavy atom. The molecule has 0 aromatic heterocycles. The van der Waals surface area contributed by atoms with Gasteiger partial charge in [0.1, 0.15) is 0 Å². The molecule has 4 aliphatic carbocycles. The number of nitriles is 1. The molecule has 0 aliphatic heterocycles. The van der Waals surface area contributed by atoms with Gasteiger partial charge in [-0.25, -0.2) is 8.42 Å². The third-order valence-electron chi connectivity index (χ3n) is 11.5. The van der Waals surface area contributed by atoms with Gasteiger partial charge < -0.3 is 9.84 Å². The number of nitrogens with zero attached hydrogens (tertiary/aromatic N) is 2. The van der Waals surface area contributed by atoms with Gasteiger partial charge in [-0.3, -0.25) is 0 Å². The Balaban J connectivity index is 1.30. The van der Waals surface area contributed by atoms with E-state index in [-0.39, 0.29) is 16.4 Å². The summed E-state index contributed by atoms with van der Waals surface area (Å²) in [5, 5.41) is 20.4. The number of hydrogen-bond acceptors (Lipinski definition) is 5. The van der Waals surface area contributed by atoms with Crippen molar-refractivity contribution in [3.05, 3.63) is 29.8 Å². The number of rotatable bonds is 7. The van der Waals surface area contributed by atoms with E-state index in [1.165, 1.54) is 31.7 Å². The number of sulfonamides is 1. The van der Waals surface area contributed by atoms with Crippen LogP contribution < -0.4 is 0 Å². The van der Waals surface area contributed by atoms with E-state index in [1.54, 1.807) is 29.6 Å². The summed E-state index contributed by atoms with van der Waals surface area (Å²) < 4.78 is 34.3. The van der Waals surface area contributed by atoms with Gasteiger partial charge in [-0.1, -0.05) is 13.0 Å². The molecule has 1 aromatic rings. The Kier molecular flexibility index (Phi) is 7.76. The predicted octanol–water partition coefficient (Wildman–Crippen LogP) is 5.60. The minimum atomic E-state index is -3.68. The van der Waals surface area contributed by atoms with Crippen LogP contribution in [-0.2, 0) is 14.8 Å². The lowest BCUT2D eigenvalue weighted by Gasteiger charge is -2.57. The van der Waals surface area contributed by atoms with Crippen molar-refractivity contribution in [2.45, 2.75) is 95.1 Å². The second kappa shape index (κ2) is 10.5. The Hall–Kier alpha value is -1.46. The van der Waals surface area contributed by atoms with Crippen molar-refractivity contribution in [2.75, 3.05) is 20.3 Å². The van der Waals surface area contributed by atoms with Crippen LogP contribution in [0.1, 0.15) is 84.1 Å². The highest BCUT2D eigenvalue weighted by molar-refractivity contribution is 7.89. The number of ether oxygens (including phenoxy) is 1. The number of fused-ring (bicyclic) bond motifs is 5. The third-order valence-corrected chi connectivity index (χ3v) is 13.5. The topological polar surface area (TPSA) is 90.6 Å². The zero-order valence-electron chi connectivity index (χ0n) is 23.6. The van der Waals surface area contributed by atoms with Crippen LogP contribution in [0.5, 0.6) is 0 Å². The molecule has 0 heterocycles. The lowest BCUT2D eigenvalue weighted by atomic mass is 9.48. The van der Waals surface area contributed by atoms with Crippen molar-refractivity contribution in [1.29, 1.82) is 5.26 Å². The molecule has 0 radical (unpaired) electrons. The van der Waals surface area contributed by atoms with E-state index < -0.39 is 15.6 Å². The zero-order chi connectivity index (χ0) is 27.3. The van der Waals surface area contributed by atoms with Crippen molar-refractivity contribution < 1.29 is 18.3 Å². The van der Waals surface area contributed by atoms with Crippen LogP contribution in [0.4, 0.5) is 0 Å². The molecule has 4 fully saturated rings. The molecular weight excluding hydrogens is 496 g/mol. The van der Waals surface area contributed by atoms with Crippen LogP contribution in [0.2, 0.25) is 0 Å². The van der Waals surface area contributed by atoms with Crippen molar-refractivity contribution in [2.24, 2.45) is 40.9 Å². The van der Waals surface area contributed by atoms with Crippen LogP contribution in [0.15, 0.2) is 29.2 Å². The normalized spacial score (nSPS) is 39.6. The Morgan fingerprint density at radius 1 is 1.13 bits per heavy atom. The van der Waals surface area contributed by atoms with Crippen molar-refractivity contribution in [3.63, 3.8) is 0 Å². The van der Waals surface area contributed by atoms with E-state index in [1.807, 2.05) is 6.92 Å². The molecule has 38 heavy (non-hydrogen) atoms. The Bertz CT molecular complexity index is 1160. The average molecular weight is 543 g/mol. The van der Waals surface area contributed by atoms with Gasteiger partial charge in [0.2, 0.25) is 10.0 Å². The fraction of sp³-hybridized carbons (Fsp3) is 0.774. The molecule has 4 saturated carbocycles. The largest absolute Gasteiger partial charge is 0.387 e. The van der Waals surface area contributed by atoms with Crippen LogP contribution in [0.25, 0.3) is 0 Å². The summed E-state index contributed by atoms with van der Waals surface area (Å²) >= 11 is 0. The number of benzene rings is 1. The van der Waals surface area contributed by atoms with Gasteiger partial charge in [-0.2, -0.15) is 9.57 Å². The molecule has 0 spiro atoms. The highest BCUT2D eigenvalue weighted by atomic mass is 32.2. The molecule has 0 amide bonds. The standard InChI is InChI=1S/C31H46N2O4S/c1-5-37-20-31(34)16-14-25-23(18-31)9-10-27-26(25)13-15-30(3)28(11-12-29(27)30)21(2)33(4)38(35,36)24-8-6-7-22(17-24)19-32/h6-8,17,21,23,25-29,34H,5,9-16,18,20H2,1-4H3/t21-,23-,25+,26?,27-,28?,29?,30-,31-/m1/s1. The molecule has 0 saturated heterocycles. The van der Waals surface area contributed by atoms with Crippen LogP contribution >= 0.6 is 0 Å². The van der Waals surface area contributed by atoms with Crippen LogP contribution in [0, 0.1) is 52.3 Å². The first-order valence-corrected chi connectivity index (χ1v) is 16.3. The average Bonchev–Trinajstić information content (AvgIpc) is 3.28. The monoisotopic (exact) mass is 542 g/mol. The van der Waals surface area contributed by atoms with Gasteiger partial charge in [0.05, 0.1) is 28.7 Å². The molecule has 5 rings (SSSR count). The summed E-state index contributed by atoms with van der Waals surface area (Å²) in [4.78, 5) is 0.203. The van der Waals surface area contributed by atoms with Crippen LogP contribution in [-0.4, -0.2) is 49.7 Å². The molecule has 210 valence electrons. The minimum absolute atomic E-state index is 0.100. The van der Waals surface area contributed by atoms with Gasteiger partial charge in [0.15, 0.2) is 0 Å². The predicted molar refractivity (Wildman–Crippen MR) is 148 cm³/mol. The molecule has 1 aromatic carbocycles. The van der Waals surface area contributed by atoms with Crippen molar-refractivity contribution in [1.82, 2.24) is 4.31 Å². The summed E-state index contributed by atoms with van der Waals surface area (Å²) in [5.74, 6) is 3.76. The minimum Gasteiger partial charge on any atom is -0.387 e. The third kappa shape index (κ3) is 4.74. The van der Waals surface area contributed by atoms with Crippen LogP contribution in [0.3, 0.4) is 0 Å². The highest BCUT2D eigenvalue weighted by Crippen LogP contribution is 2.65. The molecule has 7 heteroatoms. The maximum absolute atomic E-state index is 13.6. The second-order valence-electron chi connectivity index (χ2n) is 13.2. The second-order valence-corrected chi connectivity index (χ2v) is 15.2. The molecule has 3 unspecified atom stereocenters. The molecule has 0 bridgehead atoms. The van der Waals surface area contributed by atoms with Crippen molar-refractivity contribution in [3.8, 4) is 6.07 Å². The van der Waals surface area contributed by atoms with Gasteiger partial charge in [0, 0.05) is 19.7 Å². The van der Waals surface area contributed by atoms with Gasteiger partial charge in [0.25, 0.3) is 0 Å². The zero-order valence-corrected chi connectivity index (χ0v) is 24.4. The summed E-state index contributed by atoms with van der Waals surface area (Å²) in [5.41, 5.74) is -0.132. The van der Waals surface area contributed by atoms with E-state index in [0.29, 0.717) is 42.4 Å². The van der Waals surface area contributed by atoms with E-state index in [0.717, 1.165) is 43.9 Å². The molecule has 1 N–H and O–H groups in total. The van der Waals surface area contributed by atoms with E-state index in [2.05, 4.69) is 19.9 Å². The van der Waals surface area contributed by atoms with E-state index in [4.69, 9.17) is 4.74 Å². The number of hydrogen-bond donors (Lipinski definition) is 1. The molecule has 9 atom stereocenters. The molecular formula is C31H46N2O4S.